The van der Waals surface area contributed by atoms with Crippen molar-refractivity contribution in [1.82, 2.24) is 21.7 Å². The van der Waals surface area contributed by atoms with Crippen molar-refractivity contribution >= 4 is 23.6 Å². The van der Waals surface area contributed by atoms with Gasteiger partial charge in [-0.3, -0.25) is 40.9 Å². The lowest BCUT2D eigenvalue weighted by molar-refractivity contribution is -0.126. The molecule has 0 aromatic heterocycles. The number of aromatic hydroxyl groups is 2. The predicted molar refractivity (Wildman–Crippen MR) is 180 cm³/mol. The van der Waals surface area contributed by atoms with E-state index < -0.39 is 11.8 Å². The molecule has 10 heteroatoms. The maximum absolute atomic E-state index is 12.8. The molecule has 2 rings (SSSR count). The van der Waals surface area contributed by atoms with Gasteiger partial charge < -0.3 is 10.2 Å². The van der Waals surface area contributed by atoms with Crippen molar-refractivity contribution in [2.45, 2.75) is 124 Å². The van der Waals surface area contributed by atoms with E-state index >= 15 is 0 Å². The van der Waals surface area contributed by atoms with Gasteiger partial charge in [-0.15, -0.1) is 0 Å². The molecule has 0 fully saturated rings. The van der Waals surface area contributed by atoms with E-state index in [0.717, 1.165) is 88.2 Å². The first-order chi connectivity index (χ1) is 22.2. The van der Waals surface area contributed by atoms with Gasteiger partial charge in [-0.2, -0.15) is 0 Å². The molecule has 4 amide bonds. The Morgan fingerprint density at radius 2 is 1.11 bits per heavy atom. The Kier molecular flexibility index (Phi) is 17.9. The summed E-state index contributed by atoms with van der Waals surface area (Å²) in [7, 11) is 0. The van der Waals surface area contributed by atoms with E-state index in [9.17, 15) is 29.4 Å². The molecule has 2 aromatic rings. The largest absolute Gasteiger partial charge is 0.507 e. The van der Waals surface area contributed by atoms with E-state index in [1.807, 2.05) is 19.1 Å². The molecule has 0 aliphatic heterocycles. The van der Waals surface area contributed by atoms with Crippen molar-refractivity contribution in [2.24, 2.45) is 5.92 Å². The molecule has 0 heterocycles. The molecule has 0 bridgehead atoms. The molecule has 6 N–H and O–H groups in total. The molecule has 46 heavy (non-hydrogen) atoms. The van der Waals surface area contributed by atoms with Crippen molar-refractivity contribution in [3.63, 3.8) is 0 Å². The number of carbonyl (C=O) groups excluding carboxylic acids is 4. The van der Waals surface area contributed by atoms with E-state index in [-0.39, 0.29) is 46.8 Å². The minimum atomic E-state index is -0.574. The maximum atomic E-state index is 12.8. The number of hydrazine groups is 2. The number of hydrogen-bond donors (Lipinski definition) is 6. The van der Waals surface area contributed by atoms with Gasteiger partial charge in [0.15, 0.2) is 0 Å². The van der Waals surface area contributed by atoms with Crippen LogP contribution in [0.1, 0.15) is 143 Å². The standard InChI is InChI=1S/C36H54N4O6/c1-4-7-11-16-26-20-22-29(31(41)24-26)35(45)39-37-33(43)19-14-10-9-13-18-28(15-6-3)34(44)38-40-36(46)30-23-21-27(25-32(30)42)17-12-8-5-2/h20-25,28,41-42H,4-19H2,1-3H3,(H,37,43)(H,38,44)(H,39,45)(H,40,46). The number of phenols is 2. The smallest absolute Gasteiger partial charge is 0.273 e. The van der Waals surface area contributed by atoms with Crippen LogP contribution in [0.25, 0.3) is 0 Å². The lowest BCUT2D eigenvalue weighted by Crippen LogP contribution is -2.44. The number of rotatable bonds is 20. The van der Waals surface area contributed by atoms with Crippen LogP contribution in [-0.2, 0) is 22.4 Å². The summed E-state index contributed by atoms with van der Waals surface area (Å²) >= 11 is 0. The zero-order valence-corrected chi connectivity index (χ0v) is 27.9. The van der Waals surface area contributed by atoms with E-state index in [1.165, 1.54) is 0 Å². The Hall–Kier alpha value is -4.08. The van der Waals surface area contributed by atoms with Crippen molar-refractivity contribution in [3.8, 4) is 11.5 Å². The fraction of sp³-hybridized carbons (Fsp3) is 0.556. The third kappa shape index (κ3) is 13.9. The summed E-state index contributed by atoms with van der Waals surface area (Å²) in [6.07, 6.45) is 13.6. The van der Waals surface area contributed by atoms with Crippen LogP contribution in [-0.4, -0.2) is 33.8 Å². The minimum absolute atomic E-state index is 0.106. The van der Waals surface area contributed by atoms with Crippen LogP contribution in [0.5, 0.6) is 11.5 Å². The number of aryl methyl sites for hydroxylation is 2. The van der Waals surface area contributed by atoms with Gasteiger partial charge in [-0.1, -0.05) is 84.3 Å². The summed E-state index contributed by atoms with van der Waals surface area (Å²) in [6, 6.07) is 9.98. The van der Waals surface area contributed by atoms with Gasteiger partial charge >= 0.3 is 0 Å². The zero-order valence-electron chi connectivity index (χ0n) is 27.9. The van der Waals surface area contributed by atoms with Gasteiger partial charge in [0.05, 0.1) is 11.1 Å². The molecule has 0 aliphatic carbocycles. The molecule has 0 saturated carbocycles. The van der Waals surface area contributed by atoms with Crippen LogP contribution in [0.2, 0.25) is 0 Å². The topological polar surface area (TPSA) is 157 Å². The number of benzene rings is 2. The van der Waals surface area contributed by atoms with Gasteiger partial charge in [0, 0.05) is 12.3 Å². The summed E-state index contributed by atoms with van der Waals surface area (Å²) < 4.78 is 0. The molecule has 1 atom stereocenters. The molecular formula is C36H54N4O6. The van der Waals surface area contributed by atoms with E-state index in [4.69, 9.17) is 0 Å². The minimum Gasteiger partial charge on any atom is -0.507 e. The van der Waals surface area contributed by atoms with E-state index in [1.54, 1.807) is 24.3 Å². The predicted octanol–water partition coefficient (Wildman–Crippen LogP) is 6.54. The SMILES string of the molecule is CCCCCc1ccc(C(=O)NNC(=O)CCCCCCC(CCC)C(=O)NNC(=O)c2ccc(CCCCC)cc2O)c(O)c1. The first-order valence-corrected chi connectivity index (χ1v) is 17.0. The van der Waals surface area contributed by atoms with E-state index in [0.29, 0.717) is 19.3 Å². The molecule has 0 saturated heterocycles. The first-order valence-electron chi connectivity index (χ1n) is 17.0. The first kappa shape index (κ1) is 38.1. The zero-order chi connectivity index (χ0) is 33.7. The molecular weight excluding hydrogens is 584 g/mol. The highest BCUT2D eigenvalue weighted by Gasteiger charge is 2.19. The Morgan fingerprint density at radius 3 is 1.61 bits per heavy atom. The van der Waals surface area contributed by atoms with Crippen LogP contribution in [0, 0.1) is 5.92 Å². The number of nitrogens with one attached hydrogen (secondary N) is 4. The summed E-state index contributed by atoms with van der Waals surface area (Å²) in [4.78, 5) is 50.0. The van der Waals surface area contributed by atoms with Crippen LogP contribution < -0.4 is 21.7 Å². The Morgan fingerprint density at radius 1 is 0.587 bits per heavy atom. The highest BCUT2D eigenvalue weighted by atomic mass is 16.3. The third-order valence-corrected chi connectivity index (χ3v) is 8.08. The highest BCUT2D eigenvalue weighted by Crippen LogP contribution is 2.22. The second-order valence-electron chi connectivity index (χ2n) is 12.0. The molecule has 0 radical (unpaired) electrons. The van der Waals surface area contributed by atoms with Crippen molar-refractivity contribution in [3.05, 3.63) is 58.7 Å². The lowest BCUT2D eigenvalue weighted by atomic mass is 9.95. The molecule has 2 aromatic carbocycles. The van der Waals surface area contributed by atoms with E-state index in [2.05, 4.69) is 35.6 Å². The monoisotopic (exact) mass is 638 g/mol. The Labute approximate surface area is 274 Å². The number of carbonyl (C=O) groups is 4. The second kappa shape index (κ2) is 21.6. The molecule has 254 valence electrons. The molecule has 10 nitrogen and oxygen atoms in total. The van der Waals surface area contributed by atoms with Gasteiger partial charge in [0.2, 0.25) is 11.8 Å². The number of unbranched alkanes of at least 4 members (excludes halogenated alkanes) is 7. The van der Waals surface area contributed by atoms with Crippen LogP contribution >= 0.6 is 0 Å². The fourth-order valence-electron chi connectivity index (χ4n) is 5.34. The van der Waals surface area contributed by atoms with Crippen LogP contribution in [0.15, 0.2) is 36.4 Å². The van der Waals surface area contributed by atoms with Crippen molar-refractivity contribution < 1.29 is 29.4 Å². The Balaban J connectivity index is 1.66. The molecule has 1 unspecified atom stereocenters. The molecule has 0 aliphatic rings. The Bertz CT molecular complexity index is 1270. The number of amides is 4. The number of phenolic OH excluding ortho intramolecular Hbond substituents is 2. The van der Waals surface area contributed by atoms with Gasteiger partial charge in [0.1, 0.15) is 11.5 Å². The van der Waals surface area contributed by atoms with Crippen molar-refractivity contribution in [2.75, 3.05) is 0 Å². The summed E-state index contributed by atoms with van der Waals surface area (Å²) in [5, 5.41) is 20.6. The lowest BCUT2D eigenvalue weighted by Gasteiger charge is -2.17. The quantitative estimate of drug-likeness (QED) is 0.0714. The third-order valence-electron chi connectivity index (χ3n) is 8.08. The second-order valence-corrected chi connectivity index (χ2v) is 12.0. The van der Waals surface area contributed by atoms with Gasteiger partial charge in [-0.05, 0) is 80.3 Å². The normalized spacial score (nSPS) is 11.5. The average molecular weight is 639 g/mol. The van der Waals surface area contributed by atoms with Crippen molar-refractivity contribution in [1.29, 1.82) is 0 Å². The fourth-order valence-corrected chi connectivity index (χ4v) is 5.34. The summed E-state index contributed by atoms with van der Waals surface area (Å²) in [5.74, 6) is -2.21. The average Bonchev–Trinajstić information content (AvgIpc) is 3.03. The van der Waals surface area contributed by atoms with Gasteiger partial charge in [0.25, 0.3) is 11.8 Å². The number of hydrogen-bond acceptors (Lipinski definition) is 6. The summed E-state index contributed by atoms with van der Waals surface area (Å²) in [6.45, 7) is 6.26. The van der Waals surface area contributed by atoms with Crippen LogP contribution in [0.3, 0.4) is 0 Å². The highest BCUT2D eigenvalue weighted by molar-refractivity contribution is 5.98. The maximum Gasteiger partial charge on any atom is 0.273 e. The van der Waals surface area contributed by atoms with Gasteiger partial charge in [-0.25, -0.2) is 0 Å². The van der Waals surface area contributed by atoms with Crippen LogP contribution in [0.4, 0.5) is 0 Å². The summed E-state index contributed by atoms with van der Waals surface area (Å²) in [5.41, 5.74) is 11.9. The molecule has 0 spiro atoms.